The van der Waals surface area contributed by atoms with E-state index in [2.05, 4.69) is 70.4 Å². The second-order valence-corrected chi connectivity index (χ2v) is 6.52. The number of anilines is 3. The predicted molar refractivity (Wildman–Crippen MR) is 104 cm³/mol. The molecule has 0 unspecified atom stereocenters. The second kappa shape index (κ2) is 6.57. The minimum absolute atomic E-state index is 0.551. The number of fused-ring (bicyclic) bond motifs is 1. The van der Waals surface area contributed by atoms with E-state index >= 15 is 0 Å². The van der Waals surface area contributed by atoms with Gasteiger partial charge in [0.05, 0.1) is 5.69 Å². The third kappa shape index (κ3) is 3.21. The van der Waals surface area contributed by atoms with Crippen LogP contribution in [-0.4, -0.2) is 30.0 Å². The molecule has 4 heteroatoms. The molecular weight excluding hydrogens is 308 g/mol. The van der Waals surface area contributed by atoms with Gasteiger partial charge in [0.1, 0.15) is 5.82 Å². The molecule has 0 atom stereocenters. The summed E-state index contributed by atoms with van der Waals surface area (Å²) in [4.78, 5) is 9.22. The van der Waals surface area contributed by atoms with Gasteiger partial charge >= 0.3 is 0 Å². The van der Waals surface area contributed by atoms with Crippen LogP contribution in [0, 0.1) is 0 Å². The Morgan fingerprint density at radius 1 is 0.920 bits per heavy atom. The maximum atomic E-state index is 5.85. The van der Waals surface area contributed by atoms with Crippen LogP contribution in [0.5, 0.6) is 0 Å². The third-order valence-electron chi connectivity index (χ3n) is 4.65. The topological polar surface area (TPSA) is 45.4 Å². The minimum atomic E-state index is 0.551. The number of hydrogen-bond acceptors (Lipinski definition) is 4. The van der Waals surface area contributed by atoms with Crippen molar-refractivity contribution < 1.29 is 0 Å². The number of pyridine rings is 1. The van der Waals surface area contributed by atoms with Crippen molar-refractivity contribution in [2.24, 2.45) is 0 Å². The van der Waals surface area contributed by atoms with E-state index in [9.17, 15) is 0 Å². The van der Waals surface area contributed by atoms with Crippen molar-refractivity contribution in [3.05, 3.63) is 72.3 Å². The van der Waals surface area contributed by atoms with E-state index in [0.29, 0.717) is 5.82 Å². The van der Waals surface area contributed by atoms with E-state index < -0.39 is 0 Å². The number of nitrogen functional groups attached to an aromatic ring is 1. The fourth-order valence-corrected chi connectivity index (χ4v) is 3.38. The lowest BCUT2D eigenvalue weighted by molar-refractivity contribution is 0.343. The first-order valence-corrected chi connectivity index (χ1v) is 8.58. The van der Waals surface area contributed by atoms with Gasteiger partial charge in [0.15, 0.2) is 0 Å². The zero-order chi connectivity index (χ0) is 17.2. The van der Waals surface area contributed by atoms with Crippen LogP contribution in [0.4, 0.5) is 17.2 Å². The summed E-state index contributed by atoms with van der Waals surface area (Å²) >= 11 is 0. The lowest BCUT2D eigenvalue weighted by Crippen LogP contribution is -2.26. The highest BCUT2D eigenvalue weighted by Crippen LogP contribution is 2.34. The molecule has 0 saturated heterocycles. The molecule has 25 heavy (non-hydrogen) atoms. The Labute approximate surface area is 148 Å². The normalized spacial score (nSPS) is 14.8. The highest BCUT2D eigenvalue weighted by Gasteiger charge is 2.19. The van der Waals surface area contributed by atoms with Crippen molar-refractivity contribution in [2.75, 3.05) is 30.8 Å². The van der Waals surface area contributed by atoms with Crippen LogP contribution in [0.25, 0.3) is 11.3 Å². The fraction of sp³-hybridized carbons (Fsp3) is 0.190. The van der Waals surface area contributed by atoms with Gasteiger partial charge < -0.3 is 15.5 Å². The van der Waals surface area contributed by atoms with Crippen molar-refractivity contribution >= 4 is 17.2 Å². The average molecular weight is 330 g/mol. The molecule has 0 amide bonds. The van der Waals surface area contributed by atoms with Gasteiger partial charge in [0.25, 0.3) is 0 Å². The summed E-state index contributed by atoms with van der Waals surface area (Å²) in [5.41, 5.74) is 11.7. The first-order chi connectivity index (χ1) is 12.2. The van der Waals surface area contributed by atoms with Crippen LogP contribution >= 0.6 is 0 Å². The number of benzene rings is 2. The summed E-state index contributed by atoms with van der Waals surface area (Å²) in [6, 6.07) is 23.0. The molecule has 3 aromatic rings. The molecule has 0 bridgehead atoms. The van der Waals surface area contributed by atoms with Gasteiger partial charge in [-0.3, -0.25) is 0 Å². The van der Waals surface area contributed by atoms with Gasteiger partial charge in [-0.15, -0.1) is 0 Å². The van der Waals surface area contributed by atoms with Crippen molar-refractivity contribution in [1.82, 2.24) is 9.88 Å². The summed E-state index contributed by atoms with van der Waals surface area (Å²) in [7, 11) is 2.17. The van der Waals surface area contributed by atoms with Crippen LogP contribution in [0.1, 0.15) is 5.56 Å². The van der Waals surface area contributed by atoms with E-state index in [4.69, 9.17) is 5.73 Å². The zero-order valence-electron chi connectivity index (χ0n) is 14.4. The molecule has 2 aromatic carbocycles. The Morgan fingerprint density at radius 2 is 1.76 bits per heavy atom. The smallest absolute Gasteiger partial charge is 0.124 e. The Bertz CT molecular complexity index is 876. The highest BCUT2D eigenvalue weighted by atomic mass is 15.2. The van der Waals surface area contributed by atoms with Crippen LogP contribution in [-0.2, 0) is 6.54 Å². The molecule has 0 fully saturated rings. The average Bonchev–Trinajstić information content (AvgIpc) is 2.80. The standard InChI is InChI=1S/C21H22N4/c1-24-12-13-25(18-6-3-2-4-7-18)20-11-10-16(14-17(20)15-24)19-8-5-9-21(22)23-19/h2-11,14H,12-13,15H2,1H3,(H2,22,23). The Morgan fingerprint density at radius 3 is 2.56 bits per heavy atom. The molecule has 2 heterocycles. The summed E-state index contributed by atoms with van der Waals surface area (Å²) in [6.07, 6.45) is 0. The number of rotatable bonds is 2. The molecule has 1 aliphatic heterocycles. The van der Waals surface area contributed by atoms with Gasteiger partial charge in [0, 0.05) is 36.6 Å². The van der Waals surface area contributed by atoms with Crippen molar-refractivity contribution in [3.63, 3.8) is 0 Å². The van der Waals surface area contributed by atoms with Crippen molar-refractivity contribution in [3.8, 4) is 11.3 Å². The molecule has 4 rings (SSSR count). The summed E-state index contributed by atoms with van der Waals surface area (Å²) < 4.78 is 0. The Balaban J connectivity index is 1.79. The van der Waals surface area contributed by atoms with Gasteiger partial charge in [-0.25, -0.2) is 4.98 Å². The Hall–Kier alpha value is -2.85. The van der Waals surface area contributed by atoms with E-state index in [0.717, 1.165) is 30.9 Å². The number of hydrogen-bond donors (Lipinski definition) is 1. The SMILES string of the molecule is CN1CCN(c2ccccc2)c2ccc(-c3cccc(N)n3)cc2C1. The zero-order valence-corrected chi connectivity index (χ0v) is 14.4. The van der Waals surface area contributed by atoms with Crippen LogP contribution < -0.4 is 10.6 Å². The maximum absolute atomic E-state index is 5.85. The number of para-hydroxylation sites is 1. The quantitative estimate of drug-likeness (QED) is 0.774. The molecule has 2 N–H and O–H groups in total. The van der Waals surface area contributed by atoms with Crippen molar-refractivity contribution in [1.29, 1.82) is 0 Å². The van der Waals surface area contributed by atoms with Gasteiger partial charge in [0.2, 0.25) is 0 Å². The van der Waals surface area contributed by atoms with Gasteiger partial charge in [-0.05, 0) is 49.0 Å². The lowest BCUT2D eigenvalue weighted by atomic mass is 10.0. The van der Waals surface area contributed by atoms with Crippen molar-refractivity contribution in [2.45, 2.75) is 6.54 Å². The Kier molecular flexibility index (Phi) is 4.12. The lowest BCUT2D eigenvalue weighted by Gasteiger charge is -2.25. The van der Waals surface area contributed by atoms with Crippen LogP contribution in [0.15, 0.2) is 66.7 Å². The molecule has 0 spiro atoms. The molecule has 4 nitrogen and oxygen atoms in total. The van der Waals surface area contributed by atoms with Crippen LogP contribution in [0.3, 0.4) is 0 Å². The molecule has 126 valence electrons. The van der Waals surface area contributed by atoms with E-state index in [1.807, 2.05) is 18.2 Å². The summed E-state index contributed by atoms with van der Waals surface area (Å²) in [6.45, 7) is 2.92. The number of aromatic nitrogens is 1. The first kappa shape index (κ1) is 15.7. The maximum Gasteiger partial charge on any atom is 0.124 e. The number of likely N-dealkylation sites (N-methyl/N-ethyl adjacent to an activating group) is 1. The number of nitrogens with zero attached hydrogens (tertiary/aromatic N) is 3. The van der Waals surface area contributed by atoms with Gasteiger partial charge in [-0.2, -0.15) is 0 Å². The van der Waals surface area contributed by atoms with E-state index in [1.165, 1.54) is 16.9 Å². The predicted octanol–water partition coefficient (Wildman–Crippen LogP) is 3.91. The highest BCUT2D eigenvalue weighted by molar-refractivity contribution is 5.72. The molecule has 0 saturated carbocycles. The van der Waals surface area contributed by atoms with E-state index in [-0.39, 0.29) is 0 Å². The van der Waals surface area contributed by atoms with Gasteiger partial charge in [-0.1, -0.05) is 30.3 Å². The third-order valence-corrected chi connectivity index (χ3v) is 4.65. The monoisotopic (exact) mass is 330 g/mol. The largest absolute Gasteiger partial charge is 0.384 e. The van der Waals surface area contributed by atoms with Crippen LogP contribution in [0.2, 0.25) is 0 Å². The molecule has 1 aliphatic rings. The summed E-state index contributed by atoms with van der Waals surface area (Å²) in [5.74, 6) is 0.551. The van der Waals surface area contributed by atoms with E-state index in [1.54, 1.807) is 0 Å². The summed E-state index contributed by atoms with van der Waals surface area (Å²) in [5, 5.41) is 0. The second-order valence-electron chi connectivity index (χ2n) is 6.52. The minimum Gasteiger partial charge on any atom is -0.384 e. The molecule has 0 aliphatic carbocycles. The first-order valence-electron chi connectivity index (χ1n) is 8.58. The molecule has 1 aromatic heterocycles. The molecule has 0 radical (unpaired) electrons. The molecular formula is C21H22N4. The fourth-order valence-electron chi connectivity index (χ4n) is 3.38. The number of nitrogens with two attached hydrogens (primary N) is 1.